The van der Waals surface area contributed by atoms with Crippen LogP contribution in [-0.4, -0.2) is 113 Å². The van der Waals surface area contributed by atoms with Crippen molar-refractivity contribution < 1.29 is 227 Å². The topological polar surface area (TPSA) is 491 Å². The summed E-state index contributed by atoms with van der Waals surface area (Å²) in [5, 5.41) is 82.7. The first-order chi connectivity index (χ1) is 51.2. The van der Waals surface area contributed by atoms with Crippen LogP contribution >= 0.6 is 11.6 Å². The second-order valence-electron chi connectivity index (χ2n) is 23.4. The summed E-state index contributed by atoms with van der Waals surface area (Å²) in [4.78, 5) is 140. The molecule has 0 saturated heterocycles. The van der Waals surface area contributed by atoms with Crippen LogP contribution in [0.5, 0.6) is 17.2 Å². The van der Waals surface area contributed by atoms with Gasteiger partial charge in [-0.15, -0.1) is 0 Å². The number of aromatic hydroxyl groups is 1. The number of halogens is 1. The molecule has 0 unspecified atom stereocenters. The number of benzene rings is 8. The van der Waals surface area contributed by atoms with E-state index in [0.717, 1.165) is 27.8 Å². The minimum atomic E-state index is -1.14. The van der Waals surface area contributed by atoms with E-state index in [1.807, 2.05) is 36.4 Å². The van der Waals surface area contributed by atoms with Gasteiger partial charge in [0, 0.05) is 72.0 Å². The van der Waals surface area contributed by atoms with Gasteiger partial charge in [-0.3, -0.25) is 44.2 Å². The SMILES string of the molecule is CC(=O)Oc1ccc(C)c(C(=O)Cl)c1C.CC(=O)Oc1ccc(C)c(C(=O)O)c1C.CCOC(C)=O.Cc1ccc(N)c(C)c1C(=O)O.Cc1ccc(O)c(C)c1C(=O)O.Cc1ccc([N+](=O)[O-])c(C)c1C(=O)O.Cc1ccc([N+](=O)[O-])c(C)c1C(=O)OCc1ccccc1.Cc1cccc(C)c1C(=O)O.O=CO[O-].[H-].[K+].[K+]. The number of nitro benzene ring substituents is 2. The average molecular weight is 1630 g/mol. The van der Waals surface area contributed by atoms with E-state index in [9.17, 15) is 73.3 Å². The number of aryl methyl sites for hydroxylation is 8. The molecule has 0 aliphatic heterocycles. The number of carboxylic acid groups (broad SMARTS) is 5. The Morgan fingerprint density at radius 2 is 0.750 bits per heavy atom. The summed E-state index contributed by atoms with van der Waals surface area (Å²) in [6, 6.07) is 33.5. The van der Waals surface area contributed by atoms with Crippen molar-refractivity contribution in [2.75, 3.05) is 12.3 Å². The fourth-order valence-corrected chi connectivity index (χ4v) is 10.3. The van der Waals surface area contributed by atoms with E-state index in [4.69, 9.17) is 67.1 Å². The Morgan fingerprint density at radius 3 is 1.07 bits per heavy atom. The van der Waals surface area contributed by atoms with Crippen LogP contribution in [0.25, 0.3) is 0 Å². The molecule has 0 bridgehead atoms. The number of phenolic OH excluding ortho intramolecular Hbond substituents is 1. The molecule has 0 aromatic heterocycles. The van der Waals surface area contributed by atoms with Crippen LogP contribution in [-0.2, 0) is 40.1 Å². The molecule has 0 fully saturated rings. The average Bonchev–Trinajstić information content (AvgIpc) is 0.826. The molecule has 590 valence electrons. The maximum atomic E-state index is 12.2. The number of hydrogen-bond acceptors (Lipinski definition) is 23. The number of phenols is 1. The number of aromatic carboxylic acids is 5. The summed E-state index contributed by atoms with van der Waals surface area (Å²) in [5.41, 5.74) is 16.8. The van der Waals surface area contributed by atoms with Crippen LogP contribution in [0.3, 0.4) is 0 Å². The molecule has 112 heavy (non-hydrogen) atoms. The number of carbonyl (C=O) groups excluding carboxylic acids is 6. The minimum absolute atomic E-state index is 0. The molecule has 0 spiro atoms. The van der Waals surface area contributed by atoms with Crippen LogP contribution in [0.2, 0.25) is 0 Å². The largest absolute Gasteiger partial charge is 1.00 e. The number of nitrogens with zero attached hydrogens (tertiary/aromatic N) is 2. The second kappa shape index (κ2) is 53.1. The van der Waals surface area contributed by atoms with Gasteiger partial charge in [0.1, 0.15) is 23.9 Å². The number of carboxylic acids is 5. The van der Waals surface area contributed by atoms with Crippen LogP contribution in [0, 0.1) is 117 Å². The van der Waals surface area contributed by atoms with E-state index < -0.39 is 62.8 Å². The van der Waals surface area contributed by atoms with Crippen molar-refractivity contribution in [1.29, 1.82) is 0 Å². The fraction of sp³-hybridized carbons (Fsp3) is 0.253. The Balaban J connectivity index is -0.000000603. The predicted molar refractivity (Wildman–Crippen MR) is 405 cm³/mol. The first-order valence-corrected chi connectivity index (χ1v) is 32.8. The van der Waals surface area contributed by atoms with E-state index in [0.29, 0.717) is 90.6 Å². The first kappa shape index (κ1) is 106. The minimum Gasteiger partial charge on any atom is -1.00 e. The Morgan fingerprint density at radius 1 is 0.429 bits per heavy atom. The molecule has 8 rings (SSSR count). The molecular formula is C79H88ClK2N3O27. The first-order valence-electron chi connectivity index (χ1n) is 32.4. The monoisotopic (exact) mass is 1620 g/mol. The van der Waals surface area contributed by atoms with Crippen molar-refractivity contribution in [2.24, 2.45) is 0 Å². The van der Waals surface area contributed by atoms with Gasteiger partial charge in [0.2, 0.25) is 0 Å². The Bertz CT molecular complexity index is 4540. The van der Waals surface area contributed by atoms with Crippen molar-refractivity contribution in [3.63, 3.8) is 0 Å². The number of ether oxygens (including phenoxy) is 4. The molecule has 8 N–H and O–H groups in total. The quantitative estimate of drug-likeness (QED) is 0.00582. The fourth-order valence-electron chi connectivity index (χ4n) is 10.0. The van der Waals surface area contributed by atoms with Gasteiger partial charge in [-0.2, -0.15) is 0 Å². The molecule has 8 aromatic rings. The van der Waals surface area contributed by atoms with E-state index in [1.54, 1.807) is 158 Å². The smallest absolute Gasteiger partial charge is 1.00 e. The number of esters is 4. The Hall–Kier alpha value is -9.95. The molecule has 33 heteroatoms. The van der Waals surface area contributed by atoms with Crippen LogP contribution in [0.4, 0.5) is 17.1 Å². The maximum Gasteiger partial charge on any atom is 1.00 e. The Kier molecular flexibility index (Phi) is 50.3. The molecule has 0 amide bonds. The van der Waals surface area contributed by atoms with Gasteiger partial charge in [-0.1, -0.05) is 84.9 Å². The van der Waals surface area contributed by atoms with Crippen molar-refractivity contribution >= 4 is 94.1 Å². The molecule has 30 nitrogen and oxygen atoms in total. The molecule has 0 saturated carbocycles. The number of nitrogen functional groups attached to an aromatic ring is 1. The molecule has 0 aliphatic carbocycles. The van der Waals surface area contributed by atoms with Gasteiger partial charge in [0.25, 0.3) is 23.1 Å². The van der Waals surface area contributed by atoms with Gasteiger partial charge < -0.3 is 66.9 Å². The van der Waals surface area contributed by atoms with E-state index in [2.05, 4.69) is 9.62 Å². The van der Waals surface area contributed by atoms with E-state index in [-0.39, 0.29) is 168 Å². The summed E-state index contributed by atoms with van der Waals surface area (Å²) in [5.74, 6) is -5.86. The molecule has 8 aromatic carbocycles. The second-order valence-corrected chi connectivity index (χ2v) is 23.7. The molecular weight excluding hydrogens is 1540 g/mol. The zero-order valence-electron chi connectivity index (χ0n) is 66.6. The number of hydrogen-bond donors (Lipinski definition) is 7. The maximum absolute atomic E-state index is 12.2. The number of rotatable bonds is 15. The molecule has 0 heterocycles. The number of nitro groups is 2. The zero-order valence-corrected chi connectivity index (χ0v) is 72.6. The van der Waals surface area contributed by atoms with E-state index >= 15 is 0 Å². The van der Waals surface area contributed by atoms with E-state index in [1.165, 1.54) is 52.0 Å². The Labute approximate surface area is 737 Å². The van der Waals surface area contributed by atoms with Gasteiger partial charge in [-0.25, -0.2) is 28.8 Å². The van der Waals surface area contributed by atoms with Crippen molar-refractivity contribution in [2.45, 2.75) is 131 Å². The summed E-state index contributed by atoms with van der Waals surface area (Å²) >= 11 is 5.44. The summed E-state index contributed by atoms with van der Waals surface area (Å²) in [6.45, 7) is 29.7. The van der Waals surface area contributed by atoms with Gasteiger partial charge >= 0.3 is 156 Å². The predicted octanol–water partition coefficient (Wildman–Crippen LogP) is 8.43. The number of nitrogens with two attached hydrogens (primary N) is 1. The summed E-state index contributed by atoms with van der Waals surface area (Å²) in [6.07, 6.45) is 0. The van der Waals surface area contributed by atoms with Crippen molar-refractivity contribution in [1.82, 2.24) is 0 Å². The van der Waals surface area contributed by atoms with Gasteiger partial charge in [0.15, 0.2) is 0 Å². The number of anilines is 1. The van der Waals surface area contributed by atoms with Gasteiger partial charge in [-0.05, 0) is 195 Å². The summed E-state index contributed by atoms with van der Waals surface area (Å²) < 4.78 is 19.5. The van der Waals surface area contributed by atoms with Crippen LogP contribution in [0.15, 0.2) is 121 Å². The third-order valence-corrected chi connectivity index (χ3v) is 15.5. The molecule has 0 aliphatic rings. The normalized spacial score (nSPS) is 9.43. The van der Waals surface area contributed by atoms with Crippen molar-refractivity contribution in [3.8, 4) is 17.2 Å². The van der Waals surface area contributed by atoms with Crippen LogP contribution in [0.1, 0.15) is 185 Å². The van der Waals surface area contributed by atoms with Crippen LogP contribution < -0.4 is 123 Å². The third kappa shape index (κ3) is 35.2. The molecule has 0 radical (unpaired) electrons. The number of carbonyl (C=O) groups is 11. The van der Waals surface area contributed by atoms with Crippen molar-refractivity contribution in [3.05, 3.63) is 264 Å². The zero-order chi connectivity index (χ0) is 84.9. The van der Waals surface area contributed by atoms with Gasteiger partial charge in [0.05, 0.1) is 49.8 Å². The third-order valence-electron chi connectivity index (χ3n) is 15.3. The standard InChI is InChI=1S/C16H15NO4.C11H11ClO3.C11H12O4.C9H9NO4.C9H11NO2.C9H10O3.C9H10O2.C4H8O2.CH2O3.2K.H/c1-11-8-9-14(17(19)20)12(2)15(11)16(18)21-10-13-6-4-3-5-7-13;1-6-4-5-9(15-8(3)13)7(2)10(6)11(12)14;1-6-4-5-9(15-8(3)12)7(2)10(6)11(13)14;1-5-3-4-7(10(13)14)6(2)8(5)9(11)12;2*1-5-3-4-7(10)6(2)8(5)9(11)12;1-6-4-3-5-7(2)8(6)9(10)11;1-3-6-4(2)5;2-1-4-3;;;/h3-9H,10H2,1-2H3;4-5H,1-3H3;4-5H,1-3H3,(H,13,14);3-4H,1-2H3,(H,11,12);3-4H,10H2,1-2H3,(H,11,12);3-4,10H,1-2H3,(H,11,12);3-5H,1-2H3,(H,10,11);3H2,1-2H3;1,3H;;;/q;;;;;;;;;2*+1;-1/p-1. The summed E-state index contributed by atoms with van der Waals surface area (Å²) in [7, 11) is 0. The molecule has 0 atom stereocenters.